The third kappa shape index (κ3) is 2.93. The molecule has 0 amide bonds. The number of nitrogens with zero attached hydrogens (tertiary/aromatic N) is 2. The first-order valence-corrected chi connectivity index (χ1v) is 5.42. The summed E-state index contributed by atoms with van der Waals surface area (Å²) in [6.07, 6.45) is -0.424. The van der Waals surface area contributed by atoms with Gasteiger partial charge in [0.1, 0.15) is 12.2 Å². The number of H-pyrrole nitrogens is 1. The molecule has 5 nitrogen and oxygen atoms in total. The summed E-state index contributed by atoms with van der Waals surface area (Å²) < 4.78 is 24.8. The lowest BCUT2D eigenvalue weighted by molar-refractivity contribution is 0.151. The van der Waals surface area contributed by atoms with Gasteiger partial charge in [-0.1, -0.05) is 6.07 Å². The Kier molecular flexibility index (Phi) is 3.71. The average molecular weight is 253 g/mol. The SMILES string of the molecule is Nc1cc(C(F)F)ccc1NCCc1ncn[nH]1. The molecule has 18 heavy (non-hydrogen) atoms. The van der Waals surface area contributed by atoms with Crippen LogP contribution >= 0.6 is 0 Å². The number of rotatable bonds is 5. The molecule has 0 aliphatic heterocycles. The number of benzene rings is 1. The molecule has 7 heteroatoms. The van der Waals surface area contributed by atoms with Gasteiger partial charge in [0.2, 0.25) is 0 Å². The minimum Gasteiger partial charge on any atom is -0.397 e. The van der Waals surface area contributed by atoms with Crippen molar-refractivity contribution >= 4 is 11.4 Å². The summed E-state index contributed by atoms with van der Waals surface area (Å²) in [5, 5.41) is 9.51. The van der Waals surface area contributed by atoms with Gasteiger partial charge in [-0.2, -0.15) is 5.10 Å². The van der Waals surface area contributed by atoms with Crippen LogP contribution in [0.2, 0.25) is 0 Å². The maximum atomic E-state index is 12.4. The van der Waals surface area contributed by atoms with Gasteiger partial charge in [0.05, 0.1) is 11.4 Å². The summed E-state index contributed by atoms with van der Waals surface area (Å²) in [7, 11) is 0. The van der Waals surface area contributed by atoms with Gasteiger partial charge in [0, 0.05) is 18.5 Å². The lowest BCUT2D eigenvalue weighted by Crippen LogP contribution is -2.08. The van der Waals surface area contributed by atoms with Crippen molar-refractivity contribution in [3.05, 3.63) is 35.9 Å². The number of nitrogens with one attached hydrogen (secondary N) is 2. The third-order valence-electron chi connectivity index (χ3n) is 2.47. The highest BCUT2D eigenvalue weighted by Crippen LogP contribution is 2.26. The van der Waals surface area contributed by atoms with Gasteiger partial charge in [-0.15, -0.1) is 0 Å². The van der Waals surface area contributed by atoms with Crippen molar-refractivity contribution in [2.24, 2.45) is 0 Å². The van der Waals surface area contributed by atoms with E-state index in [-0.39, 0.29) is 5.56 Å². The fourth-order valence-corrected chi connectivity index (χ4v) is 1.54. The highest BCUT2D eigenvalue weighted by atomic mass is 19.3. The van der Waals surface area contributed by atoms with Crippen LogP contribution in [-0.4, -0.2) is 21.7 Å². The number of hydrogen-bond acceptors (Lipinski definition) is 4. The van der Waals surface area contributed by atoms with E-state index in [9.17, 15) is 8.78 Å². The van der Waals surface area contributed by atoms with Crippen LogP contribution in [-0.2, 0) is 6.42 Å². The van der Waals surface area contributed by atoms with Crippen molar-refractivity contribution in [1.82, 2.24) is 15.2 Å². The zero-order valence-corrected chi connectivity index (χ0v) is 9.53. The highest BCUT2D eigenvalue weighted by Gasteiger charge is 2.08. The number of anilines is 2. The van der Waals surface area contributed by atoms with E-state index in [1.54, 1.807) is 6.07 Å². The Morgan fingerprint density at radius 2 is 2.22 bits per heavy atom. The van der Waals surface area contributed by atoms with Crippen LogP contribution in [0.5, 0.6) is 0 Å². The van der Waals surface area contributed by atoms with Crippen LogP contribution in [0.15, 0.2) is 24.5 Å². The predicted molar refractivity (Wildman–Crippen MR) is 64.4 cm³/mol. The van der Waals surface area contributed by atoms with Gasteiger partial charge in [-0.25, -0.2) is 13.8 Å². The lowest BCUT2D eigenvalue weighted by atomic mass is 10.2. The normalized spacial score (nSPS) is 10.8. The van der Waals surface area contributed by atoms with Gasteiger partial charge in [-0.3, -0.25) is 5.10 Å². The largest absolute Gasteiger partial charge is 0.397 e. The molecule has 0 atom stereocenters. The van der Waals surface area contributed by atoms with Crippen molar-refractivity contribution in [3.63, 3.8) is 0 Å². The lowest BCUT2D eigenvalue weighted by Gasteiger charge is -2.10. The van der Waals surface area contributed by atoms with Crippen molar-refractivity contribution in [2.75, 3.05) is 17.6 Å². The summed E-state index contributed by atoms with van der Waals surface area (Å²) in [5.41, 5.74) is 6.56. The minimum absolute atomic E-state index is 0.0757. The Morgan fingerprint density at radius 3 is 2.83 bits per heavy atom. The number of halogens is 2. The van der Waals surface area contributed by atoms with Crippen molar-refractivity contribution < 1.29 is 8.78 Å². The second kappa shape index (κ2) is 5.44. The van der Waals surface area contributed by atoms with E-state index in [1.165, 1.54) is 18.5 Å². The molecule has 2 rings (SSSR count). The van der Waals surface area contributed by atoms with E-state index in [0.29, 0.717) is 24.3 Å². The molecule has 0 radical (unpaired) electrons. The van der Waals surface area contributed by atoms with Crippen LogP contribution < -0.4 is 11.1 Å². The quantitative estimate of drug-likeness (QED) is 0.712. The van der Waals surface area contributed by atoms with Crippen LogP contribution in [0.3, 0.4) is 0 Å². The Bertz CT molecular complexity index is 498. The fourth-order valence-electron chi connectivity index (χ4n) is 1.54. The second-order valence-corrected chi connectivity index (χ2v) is 3.76. The number of aromatic amines is 1. The number of nitrogens with two attached hydrogens (primary N) is 1. The molecule has 0 bridgehead atoms. The second-order valence-electron chi connectivity index (χ2n) is 3.76. The van der Waals surface area contributed by atoms with Gasteiger partial charge >= 0.3 is 0 Å². The Labute approximate surface area is 102 Å². The van der Waals surface area contributed by atoms with Gasteiger partial charge in [0.15, 0.2) is 0 Å². The summed E-state index contributed by atoms with van der Waals surface area (Å²) in [5.74, 6) is 0.755. The molecular formula is C11H13F2N5. The molecule has 0 spiro atoms. The molecule has 1 aromatic carbocycles. The standard InChI is InChI=1S/C11H13F2N5/c12-11(13)7-1-2-9(8(14)5-7)15-4-3-10-16-6-17-18-10/h1-2,5-6,11,15H,3-4,14H2,(H,16,17,18). The number of alkyl halides is 2. The number of aromatic nitrogens is 3. The van der Waals surface area contributed by atoms with E-state index in [0.717, 1.165) is 5.82 Å². The van der Waals surface area contributed by atoms with Crippen LogP contribution in [0.25, 0.3) is 0 Å². The first-order valence-electron chi connectivity index (χ1n) is 5.42. The average Bonchev–Trinajstić information content (AvgIpc) is 2.84. The third-order valence-corrected chi connectivity index (χ3v) is 2.47. The summed E-state index contributed by atoms with van der Waals surface area (Å²) >= 11 is 0. The first-order chi connectivity index (χ1) is 8.66. The van der Waals surface area contributed by atoms with Gasteiger partial charge in [-0.05, 0) is 12.1 Å². The molecule has 0 unspecified atom stereocenters. The maximum absolute atomic E-state index is 12.4. The van der Waals surface area contributed by atoms with Gasteiger partial charge in [0.25, 0.3) is 6.43 Å². The van der Waals surface area contributed by atoms with E-state index < -0.39 is 6.43 Å². The van der Waals surface area contributed by atoms with Gasteiger partial charge < -0.3 is 11.1 Å². The minimum atomic E-state index is -2.50. The molecule has 0 aliphatic carbocycles. The molecule has 96 valence electrons. The van der Waals surface area contributed by atoms with Crippen LogP contribution in [0, 0.1) is 0 Å². The zero-order chi connectivity index (χ0) is 13.0. The summed E-state index contributed by atoms with van der Waals surface area (Å²) in [4.78, 5) is 3.97. The van der Waals surface area contributed by atoms with Crippen LogP contribution in [0.4, 0.5) is 20.2 Å². The Balaban J connectivity index is 1.93. The monoisotopic (exact) mass is 253 g/mol. The van der Waals surface area contributed by atoms with Crippen molar-refractivity contribution in [3.8, 4) is 0 Å². The molecular weight excluding hydrogens is 240 g/mol. The molecule has 1 heterocycles. The molecule has 2 aromatic rings. The Morgan fingerprint density at radius 1 is 1.39 bits per heavy atom. The van der Waals surface area contributed by atoms with E-state index in [1.807, 2.05) is 0 Å². The first kappa shape index (κ1) is 12.3. The molecule has 0 aliphatic rings. The van der Waals surface area contributed by atoms with E-state index >= 15 is 0 Å². The topological polar surface area (TPSA) is 79.6 Å². The Hall–Kier alpha value is -2.18. The molecule has 4 N–H and O–H groups in total. The molecule has 0 saturated heterocycles. The van der Waals surface area contributed by atoms with Crippen molar-refractivity contribution in [1.29, 1.82) is 0 Å². The maximum Gasteiger partial charge on any atom is 0.263 e. The number of nitrogen functional groups attached to an aromatic ring is 1. The molecule has 0 fully saturated rings. The summed E-state index contributed by atoms with van der Waals surface area (Å²) in [6, 6.07) is 4.19. The van der Waals surface area contributed by atoms with Crippen molar-refractivity contribution in [2.45, 2.75) is 12.8 Å². The van der Waals surface area contributed by atoms with Crippen LogP contribution in [0.1, 0.15) is 17.8 Å². The number of hydrogen-bond donors (Lipinski definition) is 3. The molecule has 0 saturated carbocycles. The summed E-state index contributed by atoms with van der Waals surface area (Å²) in [6.45, 7) is 0.591. The smallest absolute Gasteiger partial charge is 0.263 e. The molecule has 1 aromatic heterocycles. The highest BCUT2D eigenvalue weighted by molar-refractivity contribution is 5.67. The van der Waals surface area contributed by atoms with E-state index in [4.69, 9.17) is 5.73 Å². The van der Waals surface area contributed by atoms with E-state index in [2.05, 4.69) is 20.5 Å². The zero-order valence-electron chi connectivity index (χ0n) is 9.53. The predicted octanol–water partition coefficient (Wildman–Crippen LogP) is 1.98. The fraction of sp³-hybridized carbons (Fsp3) is 0.273.